The van der Waals surface area contributed by atoms with Gasteiger partial charge in [0.2, 0.25) is 0 Å². The lowest BCUT2D eigenvalue weighted by atomic mass is 10.0. The Labute approximate surface area is 141 Å². The number of allylic oxidation sites excluding steroid dienone is 1. The second-order valence-corrected chi connectivity index (χ2v) is 5.97. The van der Waals surface area contributed by atoms with Crippen molar-refractivity contribution in [2.75, 3.05) is 33.8 Å². The molecular formula is C17H34N4O2. The Morgan fingerprint density at radius 3 is 2.65 bits per heavy atom. The summed E-state index contributed by atoms with van der Waals surface area (Å²) in [7, 11) is 3.78. The van der Waals surface area contributed by atoms with E-state index in [0.717, 1.165) is 31.8 Å². The number of alkyl carbamates (subject to hydrolysis) is 1. The summed E-state index contributed by atoms with van der Waals surface area (Å²) in [4.78, 5) is 18.0. The molecule has 0 aliphatic carbocycles. The lowest BCUT2D eigenvalue weighted by Crippen LogP contribution is -2.48. The standard InChI is InChI=1S/C17H34N4O2/c1-7-9-10-11-21(6)16(18-5)19-13-15(12-14(3)4)20-17(22)23-8-2/h7,14-15H,1,8-13H2,2-6H3,(H,18,19)(H,20,22). The minimum Gasteiger partial charge on any atom is -0.450 e. The minimum absolute atomic E-state index is 0.00683. The predicted octanol–water partition coefficient (Wildman–Crippen LogP) is 2.62. The third kappa shape index (κ3) is 10.6. The van der Waals surface area contributed by atoms with Gasteiger partial charge < -0.3 is 20.3 Å². The van der Waals surface area contributed by atoms with Crippen molar-refractivity contribution in [1.29, 1.82) is 0 Å². The van der Waals surface area contributed by atoms with Gasteiger partial charge in [-0.3, -0.25) is 4.99 Å². The lowest BCUT2D eigenvalue weighted by Gasteiger charge is -2.25. The van der Waals surface area contributed by atoms with Crippen LogP contribution >= 0.6 is 0 Å². The maximum Gasteiger partial charge on any atom is 0.407 e. The van der Waals surface area contributed by atoms with Crippen LogP contribution < -0.4 is 10.6 Å². The largest absolute Gasteiger partial charge is 0.450 e. The molecule has 0 radical (unpaired) electrons. The first-order chi connectivity index (χ1) is 10.9. The first-order valence-electron chi connectivity index (χ1n) is 8.40. The van der Waals surface area contributed by atoms with Crippen LogP contribution in [0.4, 0.5) is 4.79 Å². The first kappa shape index (κ1) is 21.3. The first-order valence-corrected chi connectivity index (χ1v) is 8.40. The number of carbonyl (C=O) groups excluding carboxylic acids is 1. The molecule has 1 unspecified atom stereocenters. The maximum absolute atomic E-state index is 11.6. The van der Waals surface area contributed by atoms with Crippen LogP contribution in [0.25, 0.3) is 0 Å². The molecule has 1 atom stereocenters. The van der Waals surface area contributed by atoms with E-state index < -0.39 is 0 Å². The molecule has 0 aromatic heterocycles. The van der Waals surface area contributed by atoms with Gasteiger partial charge in [0.05, 0.1) is 6.61 Å². The zero-order valence-electron chi connectivity index (χ0n) is 15.4. The SMILES string of the molecule is C=CCCCN(C)C(=NC)NCC(CC(C)C)NC(=O)OCC. The van der Waals surface area contributed by atoms with Gasteiger partial charge in [0.15, 0.2) is 5.96 Å². The quantitative estimate of drug-likeness (QED) is 0.280. The summed E-state index contributed by atoms with van der Waals surface area (Å²) in [6.45, 7) is 11.7. The summed E-state index contributed by atoms with van der Waals surface area (Å²) in [5, 5.41) is 6.24. The van der Waals surface area contributed by atoms with Crippen LogP contribution in [0.5, 0.6) is 0 Å². The predicted molar refractivity (Wildman–Crippen MR) is 96.8 cm³/mol. The van der Waals surface area contributed by atoms with Gasteiger partial charge in [0, 0.05) is 33.2 Å². The summed E-state index contributed by atoms with van der Waals surface area (Å²) in [6.07, 6.45) is 4.46. The smallest absolute Gasteiger partial charge is 0.407 e. The molecule has 0 fully saturated rings. The molecule has 0 saturated heterocycles. The van der Waals surface area contributed by atoms with Crippen LogP contribution in [-0.4, -0.2) is 56.8 Å². The normalized spacial score (nSPS) is 12.7. The van der Waals surface area contributed by atoms with Crippen LogP contribution in [0.15, 0.2) is 17.6 Å². The molecule has 0 aliphatic rings. The molecule has 0 heterocycles. The zero-order valence-corrected chi connectivity index (χ0v) is 15.4. The Morgan fingerprint density at radius 1 is 1.43 bits per heavy atom. The van der Waals surface area contributed by atoms with E-state index in [9.17, 15) is 4.79 Å². The summed E-state index contributed by atoms with van der Waals surface area (Å²) in [5.74, 6) is 1.31. The van der Waals surface area contributed by atoms with Crippen LogP contribution in [0.2, 0.25) is 0 Å². The molecule has 0 saturated carbocycles. The van der Waals surface area contributed by atoms with Gasteiger partial charge in [-0.15, -0.1) is 6.58 Å². The molecule has 0 spiro atoms. The molecule has 134 valence electrons. The third-order valence-corrected chi connectivity index (χ3v) is 3.34. The highest BCUT2D eigenvalue weighted by atomic mass is 16.5. The number of nitrogens with zero attached hydrogens (tertiary/aromatic N) is 2. The number of hydrogen-bond acceptors (Lipinski definition) is 3. The highest BCUT2D eigenvalue weighted by molar-refractivity contribution is 5.79. The van der Waals surface area contributed by atoms with Gasteiger partial charge in [-0.1, -0.05) is 19.9 Å². The fourth-order valence-corrected chi connectivity index (χ4v) is 2.28. The summed E-state index contributed by atoms with van der Waals surface area (Å²) < 4.78 is 4.97. The number of nitrogens with one attached hydrogen (secondary N) is 2. The molecular weight excluding hydrogens is 292 g/mol. The van der Waals surface area contributed by atoms with E-state index in [4.69, 9.17) is 4.74 Å². The summed E-state index contributed by atoms with van der Waals surface area (Å²) >= 11 is 0. The second kappa shape index (κ2) is 12.8. The highest BCUT2D eigenvalue weighted by Crippen LogP contribution is 2.05. The Balaban J connectivity index is 4.48. The fourth-order valence-electron chi connectivity index (χ4n) is 2.28. The van der Waals surface area contributed by atoms with Gasteiger partial charge >= 0.3 is 6.09 Å². The van der Waals surface area contributed by atoms with Gasteiger partial charge in [0.1, 0.15) is 0 Å². The maximum atomic E-state index is 11.6. The molecule has 0 aromatic carbocycles. The van der Waals surface area contributed by atoms with Crippen molar-refractivity contribution < 1.29 is 9.53 Å². The molecule has 2 N–H and O–H groups in total. The molecule has 23 heavy (non-hydrogen) atoms. The molecule has 0 aliphatic heterocycles. The van der Waals surface area contributed by atoms with E-state index in [1.165, 1.54) is 0 Å². The van der Waals surface area contributed by atoms with E-state index in [1.54, 1.807) is 14.0 Å². The molecule has 0 aromatic rings. The van der Waals surface area contributed by atoms with Crippen molar-refractivity contribution >= 4 is 12.1 Å². The topological polar surface area (TPSA) is 66.0 Å². The number of hydrogen-bond donors (Lipinski definition) is 2. The number of amides is 1. The summed E-state index contributed by atoms with van der Waals surface area (Å²) in [6, 6.07) is 0.00683. The number of aliphatic imine (C=N–C) groups is 1. The molecule has 6 heteroatoms. The Kier molecular flexibility index (Phi) is 11.8. The van der Waals surface area contributed by atoms with Crippen molar-refractivity contribution in [3.05, 3.63) is 12.7 Å². The molecule has 1 amide bonds. The number of unbranched alkanes of at least 4 members (excludes halogenated alkanes) is 1. The molecule has 0 rings (SSSR count). The monoisotopic (exact) mass is 326 g/mol. The van der Waals surface area contributed by atoms with Crippen LogP contribution in [-0.2, 0) is 4.74 Å². The van der Waals surface area contributed by atoms with Crippen molar-refractivity contribution in [3.63, 3.8) is 0 Å². The zero-order chi connectivity index (χ0) is 17.7. The second-order valence-electron chi connectivity index (χ2n) is 5.97. The van der Waals surface area contributed by atoms with E-state index in [-0.39, 0.29) is 12.1 Å². The number of carbonyl (C=O) groups is 1. The van der Waals surface area contributed by atoms with Crippen LogP contribution in [0.1, 0.15) is 40.0 Å². The number of guanidine groups is 1. The van der Waals surface area contributed by atoms with Gasteiger partial charge in [-0.2, -0.15) is 0 Å². The van der Waals surface area contributed by atoms with Crippen LogP contribution in [0, 0.1) is 5.92 Å². The third-order valence-electron chi connectivity index (χ3n) is 3.34. The van der Waals surface area contributed by atoms with E-state index in [1.807, 2.05) is 13.1 Å². The van der Waals surface area contributed by atoms with Crippen molar-refractivity contribution in [2.24, 2.45) is 10.9 Å². The van der Waals surface area contributed by atoms with Crippen molar-refractivity contribution in [3.8, 4) is 0 Å². The van der Waals surface area contributed by atoms with E-state index >= 15 is 0 Å². The van der Waals surface area contributed by atoms with E-state index in [2.05, 4.69) is 41.0 Å². The lowest BCUT2D eigenvalue weighted by molar-refractivity contribution is 0.146. The summed E-state index contributed by atoms with van der Waals surface area (Å²) in [5.41, 5.74) is 0. The molecule has 0 bridgehead atoms. The fraction of sp³-hybridized carbons (Fsp3) is 0.765. The van der Waals surface area contributed by atoms with Gasteiger partial charge in [0.25, 0.3) is 0 Å². The number of ether oxygens (including phenoxy) is 1. The Hall–Kier alpha value is -1.72. The average molecular weight is 326 g/mol. The van der Waals surface area contributed by atoms with Crippen molar-refractivity contribution in [2.45, 2.75) is 46.1 Å². The van der Waals surface area contributed by atoms with Gasteiger partial charge in [-0.25, -0.2) is 4.79 Å². The Bertz CT molecular complexity index is 370. The Morgan fingerprint density at radius 2 is 2.13 bits per heavy atom. The average Bonchev–Trinajstić information content (AvgIpc) is 2.47. The molecule has 6 nitrogen and oxygen atoms in total. The highest BCUT2D eigenvalue weighted by Gasteiger charge is 2.16. The van der Waals surface area contributed by atoms with Gasteiger partial charge in [-0.05, 0) is 32.1 Å². The van der Waals surface area contributed by atoms with Crippen LogP contribution in [0.3, 0.4) is 0 Å². The minimum atomic E-state index is -0.366. The number of rotatable bonds is 10. The van der Waals surface area contributed by atoms with E-state index in [0.29, 0.717) is 19.1 Å². The van der Waals surface area contributed by atoms with Crippen molar-refractivity contribution in [1.82, 2.24) is 15.5 Å².